The third-order valence-electron chi connectivity index (χ3n) is 4.68. The molecule has 0 atom stereocenters. The molecule has 3 aromatic carbocycles. The molecule has 1 aromatic heterocycles. The van der Waals surface area contributed by atoms with Crippen molar-refractivity contribution in [2.75, 3.05) is 0 Å². The molecule has 5 heteroatoms. The minimum atomic E-state index is -0.356. The number of carbonyl (C=O) groups excluding carboxylic acids is 1. The predicted octanol–water partition coefficient (Wildman–Crippen LogP) is 6.51. The molecule has 0 aliphatic heterocycles. The Morgan fingerprint density at radius 1 is 0.867 bits per heavy atom. The third kappa shape index (κ3) is 4.35. The number of hydrogen-bond donors (Lipinski definition) is 0. The van der Waals surface area contributed by atoms with Crippen molar-refractivity contribution in [2.24, 2.45) is 0 Å². The molecule has 1 heterocycles. The van der Waals surface area contributed by atoms with Crippen LogP contribution < -0.4 is 9.47 Å². The Bertz CT molecular complexity index is 1180. The van der Waals surface area contributed by atoms with Crippen LogP contribution in [0.5, 0.6) is 17.2 Å². The monoisotopic (exact) mass is 401 g/mol. The average Bonchev–Trinajstić information content (AvgIpc) is 3.11. The molecule has 0 spiro atoms. The van der Waals surface area contributed by atoms with Crippen molar-refractivity contribution < 1.29 is 18.7 Å². The summed E-state index contributed by atoms with van der Waals surface area (Å²) < 4.78 is 17.0. The summed E-state index contributed by atoms with van der Waals surface area (Å²) in [5, 5.41) is 0. The predicted molar refractivity (Wildman–Crippen MR) is 116 cm³/mol. The summed E-state index contributed by atoms with van der Waals surface area (Å²) in [6, 6.07) is 20.7. The van der Waals surface area contributed by atoms with Crippen LogP contribution in [-0.4, -0.2) is 11.0 Å². The van der Waals surface area contributed by atoms with Gasteiger partial charge in [0.05, 0.1) is 0 Å². The maximum Gasteiger partial charge on any atom is 0.308 e. The first-order valence-corrected chi connectivity index (χ1v) is 9.76. The number of hydrogen-bond acceptors (Lipinski definition) is 5. The van der Waals surface area contributed by atoms with Crippen LogP contribution in [0.4, 0.5) is 0 Å². The topological polar surface area (TPSA) is 61.6 Å². The molecule has 0 amide bonds. The van der Waals surface area contributed by atoms with Gasteiger partial charge in [-0.3, -0.25) is 4.79 Å². The molecule has 0 fully saturated rings. The van der Waals surface area contributed by atoms with E-state index in [-0.39, 0.29) is 11.4 Å². The first-order chi connectivity index (χ1) is 14.3. The number of fused-ring (bicyclic) bond motifs is 1. The molecule has 4 rings (SSSR count). The Kier molecular flexibility index (Phi) is 5.04. The van der Waals surface area contributed by atoms with Crippen LogP contribution in [0.1, 0.15) is 33.3 Å². The van der Waals surface area contributed by atoms with Gasteiger partial charge in [-0.05, 0) is 59.5 Å². The number of ether oxygens (including phenoxy) is 2. The normalized spacial score (nSPS) is 11.5. The van der Waals surface area contributed by atoms with Crippen molar-refractivity contribution in [1.29, 1.82) is 0 Å². The number of rotatable bonds is 4. The Labute approximate surface area is 175 Å². The van der Waals surface area contributed by atoms with Crippen LogP contribution in [0.3, 0.4) is 0 Å². The van der Waals surface area contributed by atoms with Crippen molar-refractivity contribution in [3.8, 4) is 28.7 Å². The highest BCUT2D eigenvalue weighted by atomic mass is 16.5. The first kappa shape index (κ1) is 19.7. The Hall–Kier alpha value is -3.60. The van der Waals surface area contributed by atoms with Crippen LogP contribution >= 0.6 is 0 Å². The summed E-state index contributed by atoms with van der Waals surface area (Å²) in [5.41, 5.74) is 3.53. The summed E-state index contributed by atoms with van der Waals surface area (Å²) in [5.74, 6) is 2.06. The van der Waals surface area contributed by atoms with Crippen LogP contribution in [0.2, 0.25) is 0 Å². The molecule has 0 N–H and O–H groups in total. The van der Waals surface area contributed by atoms with E-state index in [1.54, 1.807) is 24.3 Å². The summed E-state index contributed by atoms with van der Waals surface area (Å²) in [4.78, 5) is 15.6. The van der Waals surface area contributed by atoms with Crippen molar-refractivity contribution in [1.82, 2.24) is 4.98 Å². The van der Waals surface area contributed by atoms with Gasteiger partial charge in [-0.25, -0.2) is 4.98 Å². The van der Waals surface area contributed by atoms with Crippen LogP contribution in [0.25, 0.3) is 22.6 Å². The Balaban J connectivity index is 1.54. The lowest BCUT2D eigenvalue weighted by Crippen LogP contribution is -2.10. The smallest absolute Gasteiger partial charge is 0.308 e. The zero-order chi connectivity index (χ0) is 21.3. The van der Waals surface area contributed by atoms with Gasteiger partial charge in [-0.1, -0.05) is 32.9 Å². The van der Waals surface area contributed by atoms with Crippen molar-refractivity contribution in [3.05, 3.63) is 72.3 Å². The lowest BCUT2D eigenvalue weighted by atomic mass is 9.87. The number of oxazole rings is 1. The van der Waals surface area contributed by atoms with Gasteiger partial charge in [0.1, 0.15) is 22.8 Å². The van der Waals surface area contributed by atoms with Gasteiger partial charge in [0.2, 0.25) is 5.89 Å². The Morgan fingerprint density at radius 3 is 2.13 bits per heavy atom. The molecule has 0 saturated heterocycles. The van der Waals surface area contributed by atoms with E-state index in [1.165, 1.54) is 12.5 Å². The van der Waals surface area contributed by atoms with Gasteiger partial charge in [0, 0.05) is 18.6 Å². The quantitative estimate of drug-likeness (QED) is 0.288. The van der Waals surface area contributed by atoms with Crippen LogP contribution in [-0.2, 0) is 10.2 Å². The van der Waals surface area contributed by atoms with E-state index >= 15 is 0 Å². The largest absolute Gasteiger partial charge is 0.457 e. The minimum absolute atomic E-state index is 0.101. The summed E-state index contributed by atoms with van der Waals surface area (Å²) >= 11 is 0. The van der Waals surface area contributed by atoms with E-state index in [4.69, 9.17) is 13.9 Å². The highest BCUT2D eigenvalue weighted by molar-refractivity contribution is 5.78. The van der Waals surface area contributed by atoms with E-state index < -0.39 is 0 Å². The van der Waals surface area contributed by atoms with Gasteiger partial charge in [0.15, 0.2) is 5.58 Å². The molecular weight excluding hydrogens is 378 g/mol. The van der Waals surface area contributed by atoms with E-state index in [2.05, 4.69) is 37.9 Å². The molecule has 0 aliphatic rings. The van der Waals surface area contributed by atoms with Crippen LogP contribution in [0, 0.1) is 0 Å². The lowest BCUT2D eigenvalue weighted by Gasteiger charge is -2.19. The molecule has 0 aliphatic carbocycles. The molecule has 0 bridgehead atoms. The fourth-order valence-corrected chi connectivity index (χ4v) is 3.08. The van der Waals surface area contributed by atoms with Gasteiger partial charge in [-0.15, -0.1) is 0 Å². The summed E-state index contributed by atoms with van der Waals surface area (Å²) in [6.07, 6.45) is 0. The van der Waals surface area contributed by atoms with Crippen LogP contribution in [0.15, 0.2) is 71.1 Å². The molecule has 0 radical (unpaired) electrons. The highest BCUT2D eigenvalue weighted by Gasteiger charge is 2.14. The van der Waals surface area contributed by atoms with E-state index in [0.29, 0.717) is 23.0 Å². The fraction of sp³-hybridized carbons (Fsp3) is 0.200. The SMILES string of the molecule is CC(=O)Oc1ccc(-c2nc3ccc(Oc4ccc(C(C)(C)C)cc4)cc3o2)cc1. The number of carbonyl (C=O) groups is 1. The van der Waals surface area contributed by atoms with Gasteiger partial charge in [-0.2, -0.15) is 0 Å². The maximum atomic E-state index is 11.0. The van der Waals surface area contributed by atoms with Crippen molar-refractivity contribution in [2.45, 2.75) is 33.1 Å². The maximum absolute atomic E-state index is 11.0. The fourth-order valence-electron chi connectivity index (χ4n) is 3.08. The zero-order valence-electron chi connectivity index (χ0n) is 17.4. The molecule has 4 aromatic rings. The molecule has 30 heavy (non-hydrogen) atoms. The average molecular weight is 401 g/mol. The molecular formula is C25H23NO4. The molecule has 152 valence electrons. The van der Waals surface area contributed by atoms with Gasteiger partial charge in [0.25, 0.3) is 0 Å². The third-order valence-corrected chi connectivity index (χ3v) is 4.68. The summed E-state index contributed by atoms with van der Waals surface area (Å²) in [7, 11) is 0. The second-order valence-corrected chi connectivity index (χ2v) is 8.14. The Morgan fingerprint density at radius 2 is 1.50 bits per heavy atom. The number of nitrogens with zero attached hydrogens (tertiary/aromatic N) is 1. The minimum Gasteiger partial charge on any atom is -0.457 e. The standard InChI is InChI=1S/C25H23NO4/c1-16(27)28-19-9-5-17(6-10-19)24-26-22-14-13-21(15-23(22)30-24)29-20-11-7-18(8-12-20)25(2,3)4/h5-15H,1-4H3. The molecule has 0 saturated carbocycles. The second-order valence-electron chi connectivity index (χ2n) is 8.14. The number of esters is 1. The van der Waals surface area contributed by atoms with E-state index in [0.717, 1.165) is 16.8 Å². The number of benzene rings is 3. The van der Waals surface area contributed by atoms with Crippen molar-refractivity contribution >= 4 is 17.1 Å². The van der Waals surface area contributed by atoms with Gasteiger partial charge < -0.3 is 13.9 Å². The van der Waals surface area contributed by atoms with Crippen molar-refractivity contribution in [3.63, 3.8) is 0 Å². The first-order valence-electron chi connectivity index (χ1n) is 9.76. The molecule has 5 nitrogen and oxygen atoms in total. The molecule has 0 unspecified atom stereocenters. The highest BCUT2D eigenvalue weighted by Crippen LogP contribution is 2.31. The van der Waals surface area contributed by atoms with Gasteiger partial charge >= 0.3 is 5.97 Å². The number of aromatic nitrogens is 1. The summed E-state index contributed by atoms with van der Waals surface area (Å²) in [6.45, 7) is 7.92. The zero-order valence-corrected chi connectivity index (χ0v) is 17.4. The lowest BCUT2D eigenvalue weighted by molar-refractivity contribution is -0.131. The van der Waals surface area contributed by atoms with E-state index in [1.807, 2.05) is 30.3 Å². The second kappa shape index (κ2) is 7.67. The van der Waals surface area contributed by atoms with E-state index in [9.17, 15) is 4.79 Å².